The topological polar surface area (TPSA) is 64.6 Å². The lowest BCUT2D eigenvalue weighted by Gasteiger charge is -2.17. The van der Waals surface area contributed by atoms with E-state index in [-0.39, 0.29) is 11.4 Å². The summed E-state index contributed by atoms with van der Waals surface area (Å²) in [4.78, 5) is 0.250. The Morgan fingerprint density at radius 1 is 1.08 bits per heavy atom. The van der Waals surface area contributed by atoms with E-state index in [1.807, 2.05) is 43.3 Å². The van der Waals surface area contributed by atoms with Gasteiger partial charge in [-0.25, -0.2) is 13.1 Å². The Hall–Kier alpha value is -1.89. The van der Waals surface area contributed by atoms with E-state index in [9.17, 15) is 8.42 Å². The largest absolute Gasteiger partial charge is 0.497 e. The first-order valence-corrected chi connectivity index (χ1v) is 9.23. The van der Waals surface area contributed by atoms with Crippen molar-refractivity contribution in [1.29, 1.82) is 0 Å². The predicted octanol–water partition coefficient (Wildman–Crippen LogP) is 2.92. The normalized spacial score (nSPS) is 12.8. The smallest absolute Gasteiger partial charge is 0.240 e. The van der Waals surface area contributed by atoms with Crippen LogP contribution in [-0.4, -0.2) is 29.2 Å². The summed E-state index contributed by atoms with van der Waals surface area (Å²) >= 11 is 0. The number of aryl methyl sites for hydroxylation is 1. The highest BCUT2D eigenvalue weighted by molar-refractivity contribution is 7.89. The molecule has 1 atom stereocenters. The second kappa shape index (κ2) is 8.28. The third-order valence-corrected chi connectivity index (χ3v) is 5.29. The highest BCUT2D eigenvalue weighted by Crippen LogP contribution is 2.21. The van der Waals surface area contributed by atoms with Crippen LogP contribution in [0.15, 0.2) is 53.4 Å². The molecule has 0 spiro atoms. The fourth-order valence-electron chi connectivity index (χ4n) is 2.35. The van der Waals surface area contributed by atoms with Gasteiger partial charge in [-0.1, -0.05) is 31.2 Å². The average Bonchev–Trinajstić information content (AvgIpc) is 2.62. The average molecular weight is 349 g/mol. The summed E-state index contributed by atoms with van der Waals surface area (Å²) in [5, 5.41) is 0. The van der Waals surface area contributed by atoms with Gasteiger partial charge in [-0.15, -0.1) is 0 Å². The molecule has 0 bridgehead atoms. The van der Waals surface area contributed by atoms with Crippen molar-refractivity contribution in [3.05, 3.63) is 59.7 Å². The zero-order valence-electron chi connectivity index (χ0n) is 14.2. The molecule has 0 aliphatic rings. The molecule has 6 heteroatoms. The molecule has 0 saturated carbocycles. The van der Waals surface area contributed by atoms with Crippen LogP contribution < -0.4 is 9.46 Å². The molecule has 0 aliphatic carbocycles. The van der Waals surface area contributed by atoms with E-state index in [0.29, 0.717) is 5.75 Å². The van der Waals surface area contributed by atoms with E-state index in [0.717, 1.165) is 17.5 Å². The Labute approximate surface area is 143 Å². The number of hydrogen-bond donors (Lipinski definition) is 1. The van der Waals surface area contributed by atoms with Crippen molar-refractivity contribution >= 4 is 10.0 Å². The summed E-state index contributed by atoms with van der Waals surface area (Å²) in [6, 6.07) is 14.3. The summed E-state index contributed by atoms with van der Waals surface area (Å²) in [7, 11) is -0.438. The second-order valence-corrected chi connectivity index (χ2v) is 7.12. The van der Waals surface area contributed by atoms with Crippen molar-refractivity contribution in [3.63, 3.8) is 0 Å². The van der Waals surface area contributed by atoms with Gasteiger partial charge in [0, 0.05) is 13.7 Å². The quantitative estimate of drug-likeness (QED) is 0.796. The highest BCUT2D eigenvalue weighted by atomic mass is 32.2. The first-order chi connectivity index (χ1) is 11.5. The highest BCUT2D eigenvalue weighted by Gasteiger charge is 2.18. The molecule has 0 amide bonds. The van der Waals surface area contributed by atoms with Crippen LogP contribution in [0.4, 0.5) is 0 Å². The van der Waals surface area contributed by atoms with Crippen LogP contribution in [0.1, 0.15) is 24.2 Å². The van der Waals surface area contributed by atoms with Gasteiger partial charge in [0.05, 0.1) is 18.1 Å². The molecule has 0 aliphatic heterocycles. The maximum absolute atomic E-state index is 12.4. The van der Waals surface area contributed by atoms with E-state index in [4.69, 9.17) is 9.47 Å². The summed E-state index contributed by atoms with van der Waals surface area (Å²) in [6.45, 7) is 2.17. The molecule has 1 N–H and O–H groups in total. The molecule has 0 fully saturated rings. The standard InChI is InChI=1S/C18H23NO4S/c1-4-14-8-10-17(11-9-14)24(20,21)19-13-18(23-3)15-6-5-7-16(12-15)22-2/h5-12,18-19H,4,13H2,1-3H3. The van der Waals surface area contributed by atoms with Crippen molar-refractivity contribution < 1.29 is 17.9 Å². The van der Waals surface area contributed by atoms with Crippen LogP contribution >= 0.6 is 0 Å². The van der Waals surface area contributed by atoms with Gasteiger partial charge in [-0.3, -0.25) is 0 Å². The number of methoxy groups -OCH3 is 2. The monoisotopic (exact) mass is 349 g/mol. The van der Waals surface area contributed by atoms with E-state index in [2.05, 4.69) is 4.72 Å². The number of nitrogens with one attached hydrogen (secondary N) is 1. The summed E-state index contributed by atoms with van der Waals surface area (Å²) in [5.41, 5.74) is 1.95. The van der Waals surface area contributed by atoms with Gasteiger partial charge in [-0.2, -0.15) is 0 Å². The van der Waals surface area contributed by atoms with Gasteiger partial charge in [0.15, 0.2) is 0 Å². The van der Waals surface area contributed by atoms with Crippen LogP contribution in [-0.2, 0) is 21.2 Å². The van der Waals surface area contributed by atoms with Crippen molar-refractivity contribution in [3.8, 4) is 5.75 Å². The van der Waals surface area contributed by atoms with Gasteiger partial charge in [0.2, 0.25) is 10.0 Å². The molecule has 5 nitrogen and oxygen atoms in total. The minimum absolute atomic E-state index is 0.140. The molecule has 0 heterocycles. The molecule has 0 aromatic heterocycles. The van der Waals surface area contributed by atoms with Crippen LogP contribution in [0.5, 0.6) is 5.75 Å². The third-order valence-electron chi connectivity index (χ3n) is 3.85. The zero-order chi connectivity index (χ0) is 17.6. The molecule has 0 radical (unpaired) electrons. The summed E-state index contributed by atoms with van der Waals surface area (Å²) < 4.78 is 38.0. The SMILES string of the molecule is CCc1ccc(S(=O)(=O)NCC(OC)c2cccc(OC)c2)cc1. The van der Waals surface area contributed by atoms with Crippen molar-refractivity contribution in [2.45, 2.75) is 24.3 Å². The molecule has 1 unspecified atom stereocenters. The first kappa shape index (κ1) is 18.4. The van der Waals surface area contributed by atoms with E-state index in [1.165, 1.54) is 0 Å². The lowest BCUT2D eigenvalue weighted by atomic mass is 10.1. The molecular formula is C18H23NO4S. The van der Waals surface area contributed by atoms with Crippen molar-refractivity contribution in [2.24, 2.45) is 0 Å². The second-order valence-electron chi connectivity index (χ2n) is 5.35. The van der Waals surface area contributed by atoms with Gasteiger partial charge < -0.3 is 9.47 Å². The van der Waals surface area contributed by atoms with Crippen LogP contribution in [0.2, 0.25) is 0 Å². The summed E-state index contributed by atoms with van der Waals surface area (Å²) in [5.74, 6) is 0.701. The van der Waals surface area contributed by atoms with Gasteiger partial charge >= 0.3 is 0 Å². The lowest BCUT2D eigenvalue weighted by Crippen LogP contribution is -2.29. The molecule has 2 aromatic carbocycles. The molecule has 2 rings (SSSR count). The zero-order valence-corrected chi connectivity index (χ0v) is 15.0. The number of hydrogen-bond acceptors (Lipinski definition) is 4. The summed E-state index contributed by atoms with van der Waals surface area (Å²) in [6.07, 6.45) is 0.472. The molecule has 24 heavy (non-hydrogen) atoms. The minimum atomic E-state index is -3.58. The Morgan fingerprint density at radius 3 is 2.38 bits per heavy atom. The Balaban J connectivity index is 2.10. The van der Waals surface area contributed by atoms with E-state index < -0.39 is 16.1 Å². The Bertz CT molecular complexity index is 757. The maximum atomic E-state index is 12.4. The number of sulfonamides is 1. The van der Waals surface area contributed by atoms with Gasteiger partial charge in [0.1, 0.15) is 5.75 Å². The number of rotatable bonds is 8. The molecule has 2 aromatic rings. The van der Waals surface area contributed by atoms with E-state index >= 15 is 0 Å². The van der Waals surface area contributed by atoms with Crippen LogP contribution in [0.25, 0.3) is 0 Å². The molecule has 130 valence electrons. The molecule has 0 saturated heterocycles. The van der Waals surface area contributed by atoms with Crippen LogP contribution in [0, 0.1) is 0 Å². The molecular weight excluding hydrogens is 326 g/mol. The third kappa shape index (κ3) is 4.56. The Morgan fingerprint density at radius 2 is 1.79 bits per heavy atom. The minimum Gasteiger partial charge on any atom is -0.497 e. The fourth-order valence-corrected chi connectivity index (χ4v) is 3.38. The number of ether oxygens (including phenoxy) is 2. The first-order valence-electron chi connectivity index (χ1n) is 7.75. The van der Waals surface area contributed by atoms with E-state index in [1.54, 1.807) is 26.4 Å². The van der Waals surface area contributed by atoms with Gasteiger partial charge in [-0.05, 0) is 41.8 Å². The van der Waals surface area contributed by atoms with Crippen LogP contribution in [0.3, 0.4) is 0 Å². The maximum Gasteiger partial charge on any atom is 0.240 e. The van der Waals surface area contributed by atoms with Gasteiger partial charge in [0.25, 0.3) is 0 Å². The lowest BCUT2D eigenvalue weighted by molar-refractivity contribution is 0.107. The predicted molar refractivity (Wildman–Crippen MR) is 93.8 cm³/mol. The fraction of sp³-hybridized carbons (Fsp3) is 0.333. The number of benzene rings is 2. The van der Waals surface area contributed by atoms with Crippen molar-refractivity contribution in [2.75, 3.05) is 20.8 Å². The Kier molecular flexibility index (Phi) is 6.36. The van der Waals surface area contributed by atoms with Crippen molar-refractivity contribution in [1.82, 2.24) is 4.72 Å².